The van der Waals surface area contributed by atoms with Crippen molar-refractivity contribution in [3.63, 3.8) is 0 Å². The zero-order valence-electron chi connectivity index (χ0n) is 7.40. The van der Waals surface area contributed by atoms with Crippen LogP contribution in [0.15, 0.2) is 23.5 Å². The Morgan fingerprint density at radius 3 is 2.79 bits per heavy atom. The molecule has 0 aromatic carbocycles. The van der Waals surface area contributed by atoms with Crippen LogP contribution in [-0.2, 0) is 9.53 Å². The van der Waals surface area contributed by atoms with Crippen LogP contribution in [0.1, 0.15) is 6.42 Å². The standard InChI is InChI=1S/C8H8FNO4/c1-14-7-3-2-6(5-11)4-8(7,9)10(12)13/h2-3,5H,4H2,1H3. The lowest BCUT2D eigenvalue weighted by atomic mass is 9.98. The molecule has 1 aliphatic rings. The second-order valence-corrected chi connectivity index (χ2v) is 2.79. The van der Waals surface area contributed by atoms with Crippen LogP contribution in [-0.4, -0.2) is 24.1 Å². The highest BCUT2D eigenvalue weighted by Gasteiger charge is 2.50. The Morgan fingerprint density at radius 2 is 2.36 bits per heavy atom. The number of nitrogens with zero attached hydrogens (tertiary/aromatic N) is 1. The molecule has 1 unspecified atom stereocenters. The van der Waals surface area contributed by atoms with Gasteiger partial charge in [-0.05, 0) is 6.08 Å². The van der Waals surface area contributed by atoms with Gasteiger partial charge in [-0.1, -0.05) is 6.08 Å². The molecule has 0 saturated heterocycles. The molecule has 0 saturated carbocycles. The lowest BCUT2D eigenvalue weighted by Crippen LogP contribution is -2.38. The summed E-state index contributed by atoms with van der Waals surface area (Å²) >= 11 is 0. The largest absolute Gasteiger partial charge is 0.491 e. The fraction of sp³-hybridized carbons (Fsp3) is 0.375. The molecule has 1 aliphatic carbocycles. The molecule has 0 N–H and O–H groups in total. The number of ether oxygens (including phenoxy) is 1. The number of alkyl halides is 1. The zero-order valence-corrected chi connectivity index (χ0v) is 7.40. The van der Waals surface area contributed by atoms with E-state index in [0.29, 0.717) is 6.29 Å². The van der Waals surface area contributed by atoms with E-state index in [2.05, 4.69) is 4.74 Å². The Morgan fingerprint density at radius 1 is 1.71 bits per heavy atom. The molecule has 0 fully saturated rings. The molecule has 0 spiro atoms. The molecule has 14 heavy (non-hydrogen) atoms. The molecule has 0 heterocycles. The fourth-order valence-electron chi connectivity index (χ4n) is 1.19. The molecule has 0 aliphatic heterocycles. The summed E-state index contributed by atoms with van der Waals surface area (Å²) < 4.78 is 18.2. The average Bonchev–Trinajstić information content (AvgIpc) is 2.17. The number of rotatable bonds is 3. The van der Waals surface area contributed by atoms with Crippen LogP contribution in [0.5, 0.6) is 0 Å². The van der Waals surface area contributed by atoms with Crippen molar-refractivity contribution in [1.82, 2.24) is 0 Å². The van der Waals surface area contributed by atoms with Crippen molar-refractivity contribution < 1.29 is 18.8 Å². The molecule has 0 amide bonds. The minimum absolute atomic E-state index is 0.0324. The first-order valence-corrected chi connectivity index (χ1v) is 3.78. The maximum absolute atomic E-state index is 13.7. The molecule has 1 rings (SSSR count). The second-order valence-electron chi connectivity index (χ2n) is 2.79. The van der Waals surface area contributed by atoms with E-state index in [1.54, 1.807) is 0 Å². The van der Waals surface area contributed by atoms with Gasteiger partial charge in [0, 0.05) is 5.57 Å². The van der Waals surface area contributed by atoms with Crippen LogP contribution < -0.4 is 0 Å². The molecular formula is C8H8FNO4. The third-order valence-corrected chi connectivity index (χ3v) is 1.93. The van der Waals surface area contributed by atoms with E-state index in [0.717, 1.165) is 13.2 Å². The van der Waals surface area contributed by atoms with Crippen molar-refractivity contribution >= 4 is 6.29 Å². The summed E-state index contributed by atoms with van der Waals surface area (Å²) in [5.74, 6) is -3.21. The van der Waals surface area contributed by atoms with Crippen molar-refractivity contribution in [1.29, 1.82) is 0 Å². The molecule has 0 bridgehead atoms. The van der Waals surface area contributed by atoms with Gasteiger partial charge in [0.05, 0.1) is 18.5 Å². The summed E-state index contributed by atoms with van der Waals surface area (Å²) in [6.45, 7) is 0. The highest BCUT2D eigenvalue weighted by Crippen LogP contribution is 2.33. The number of carbonyl (C=O) groups excluding carboxylic acids is 1. The van der Waals surface area contributed by atoms with Gasteiger partial charge in [-0.3, -0.25) is 14.9 Å². The SMILES string of the molecule is COC1=CC=C(C=O)CC1(F)[N+](=O)[O-]. The third-order valence-electron chi connectivity index (χ3n) is 1.93. The van der Waals surface area contributed by atoms with E-state index in [9.17, 15) is 19.3 Å². The van der Waals surface area contributed by atoms with Crippen LogP contribution >= 0.6 is 0 Å². The average molecular weight is 201 g/mol. The molecule has 0 aromatic heterocycles. The maximum atomic E-state index is 13.7. The lowest BCUT2D eigenvalue weighted by Gasteiger charge is -2.20. The van der Waals surface area contributed by atoms with Crippen molar-refractivity contribution in [2.24, 2.45) is 0 Å². The van der Waals surface area contributed by atoms with Gasteiger partial charge < -0.3 is 4.74 Å². The highest BCUT2D eigenvalue weighted by atomic mass is 19.1. The summed E-state index contributed by atoms with van der Waals surface area (Å²) in [6, 6.07) is 0. The molecule has 76 valence electrons. The normalized spacial score (nSPS) is 26.1. The van der Waals surface area contributed by atoms with E-state index in [1.165, 1.54) is 6.08 Å². The number of aldehydes is 1. The van der Waals surface area contributed by atoms with Gasteiger partial charge in [0.1, 0.15) is 6.29 Å². The van der Waals surface area contributed by atoms with Gasteiger partial charge in [-0.25, -0.2) is 0 Å². The summed E-state index contributed by atoms with van der Waals surface area (Å²) in [6.07, 6.45) is 2.19. The maximum Gasteiger partial charge on any atom is 0.419 e. The first-order valence-electron chi connectivity index (χ1n) is 3.78. The summed E-state index contributed by atoms with van der Waals surface area (Å²) in [5.41, 5.74) is 0.0324. The molecule has 5 nitrogen and oxygen atoms in total. The number of hydrogen-bond acceptors (Lipinski definition) is 4. The molecule has 6 heteroatoms. The Bertz CT molecular complexity index is 336. The van der Waals surface area contributed by atoms with E-state index in [-0.39, 0.29) is 5.57 Å². The minimum atomic E-state index is -2.82. The Kier molecular flexibility index (Phi) is 2.64. The lowest BCUT2D eigenvalue weighted by molar-refractivity contribution is -0.597. The summed E-state index contributed by atoms with van der Waals surface area (Å²) in [7, 11) is 1.14. The summed E-state index contributed by atoms with van der Waals surface area (Å²) in [4.78, 5) is 19.7. The minimum Gasteiger partial charge on any atom is -0.491 e. The Labute approximate surface area is 79.0 Å². The monoisotopic (exact) mass is 201 g/mol. The number of hydrogen-bond donors (Lipinski definition) is 0. The predicted octanol–water partition coefficient (Wildman–Crippen LogP) is 0.988. The summed E-state index contributed by atoms with van der Waals surface area (Å²) in [5, 5.41) is 10.5. The van der Waals surface area contributed by atoms with Gasteiger partial charge in [-0.15, -0.1) is 0 Å². The van der Waals surface area contributed by atoms with E-state index in [1.807, 2.05) is 0 Å². The number of halogens is 1. The number of allylic oxidation sites excluding steroid dienone is 2. The van der Waals surface area contributed by atoms with Crippen molar-refractivity contribution in [3.8, 4) is 0 Å². The van der Waals surface area contributed by atoms with E-state index < -0.39 is 22.9 Å². The third kappa shape index (κ3) is 1.50. The smallest absolute Gasteiger partial charge is 0.419 e. The Balaban J connectivity index is 3.10. The Hall–Kier alpha value is -1.72. The first-order chi connectivity index (χ1) is 6.54. The van der Waals surface area contributed by atoms with Gasteiger partial charge in [0.25, 0.3) is 0 Å². The van der Waals surface area contributed by atoms with Crippen LogP contribution in [0.4, 0.5) is 4.39 Å². The first kappa shape index (κ1) is 10.4. The zero-order chi connectivity index (χ0) is 10.8. The van der Waals surface area contributed by atoms with Crippen molar-refractivity contribution in [2.75, 3.05) is 7.11 Å². The van der Waals surface area contributed by atoms with Crippen LogP contribution in [0, 0.1) is 10.1 Å². The van der Waals surface area contributed by atoms with E-state index in [4.69, 9.17) is 0 Å². The van der Waals surface area contributed by atoms with Gasteiger partial charge in [-0.2, -0.15) is 4.39 Å². The number of carbonyl (C=O) groups is 1. The molecular weight excluding hydrogens is 193 g/mol. The van der Waals surface area contributed by atoms with Crippen LogP contribution in [0.25, 0.3) is 0 Å². The highest BCUT2D eigenvalue weighted by molar-refractivity contribution is 5.74. The van der Waals surface area contributed by atoms with E-state index >= 15 is 0 Å². The predicted molar refractivity (Wildman–Crippen MR) is 44.7 cm³/mol. The van der Waals surface area contributed by atoms with Crippen LogP contribution in [0.3, 0.4) is 0 Å². The van der Waals surface area contributed by atoms with Crippen molar-refractivity contribution in [2.45, 2.75) is 12.2 Å². The number of methoxy groups -OCH3 is 1. The topological polar surface area (TPSA) is 69.4 Å². The quantitative estimate of drug-likeness (QED) is 0.295. The van der Waals surface area contributed by atoms with Gasteiger partial charge in [0.15, 0.2) is 0 Å². The fourth-order valence-corrected chi connectivity index (χ4v) is 1.19. The van der Waals surface area contributed by atoms with Gasteiger partial charge in [0.2, 0.25) is 5.76 Å². The molecule has 0 radical (unpaired) electrons. The van der Waals surface area contributed by atoms with Crippen molar-refractivity contribution in [3.05, 3.63) is 33.6 Å². The van der Waals surface area contributed by atoms with Crippen LogP contribution in [0.2, 0.25) is 0 Å². The second kappa shape index (κ2) is 3.57. The number of nitro groups is 1. The molecule has 1 atom stereocenters. The molecule has 0 aromatic rings. The van der Waals surface area contributed by atoms with Gasteiger partial charge >= 0.3 is 5.79 Å².